The van der Waals surface area contributed by atoms with Gasteiger partial charge in [0.25, 0.3) is 0 Å². The van der Waals surface area contributed by atoms with E-state index < -0.39 is 11.6 Å². The Labute approximate surface area is 118 Å². The van der Waals surface area contributed by atoms with Crippen LogP contribution in [-0.4, -0.2) is 9.55 Å². The lowest BCUT2D eigenvalue weighted by Gasteiger charge is -2.15. The summed E-state index contributed by atoms with van der Waals surface area (Å²) in [5, 5.41) is 4.01. The molecule has 0 aliphatic rings. The number of hydrogen-bond acceptors (Lipinski definition) is 3. The van der Waals surface area contributed by atoms with Crippen molar-refractivity contribution in [1.82, 2.24) is 9.55 Å². The second-order valence-corrected chi connectivity index (χ2v) is 5.53. The molecular weight excluding hydrogens is 280 g/mol. The molecule has 0 aliphatic carbocycles. The minimum atomic E-state index is -0.899. The molecule has 3 aromatic rings. The molecule has 2 N–H and O–H groups in total. The van der Waals surface area contributed by atoms with Crippen molar-refractivity contribution in [2.24, 2.45) is 0 Å². The highest BCUT2D eigenvalue weighted by Gasteiger charge is 2.19. The van der Waals surface area contributed by atoms with E-state index in [2.05, 4.69) is 4.98 Å². The van der Waals surface area contributed by atoms with Crippen LogP contribution in [0.4, 0.5) is 14.7 Å². The van der Waals surface area contributed by atoms with Gasteiger partial charge in [-0.2, -0.15) is 11.3 Å². The molecule has 0 aliphatic heterocycles. The van der Waals surface area contributed by atoms with Crippen LogP contribution in [-0.2, 0) is 6.42 Å². The van der Waals surface area contributed by atoms with Gasteiger partial charge in [-0.3, -0.25) is 0 Å². The van der Waals surface area contributed by atoms with Crippen LogP contribution < -0.4 is 5.73 Å². The molecule has 20 heavy (non-hydrogen) atoms. The van der Waals surface area contributed by atoms with E-state index >= 15 is 0 Å². The van der Waals surface area contributed by atoms with Crippen LogP contribution in [0.2, 0.25) is 0 Å². The molecule has 1 unspecified atom stereocenters. The van der Waals surface area contributed by atoms with Gasteiger partial charge in [0.15, 0.2) is 11.6 Å². The van der Waals surface area contributed by atoms with Crippen molar-refractivity contribution in [3.63, 3.8) is 0 Å². The summed E-state index contributed by atoms with van der Waals surface area (Å²) in [7, 11) is 0. The average Bonchev–Trinajstić information content (AvgIpc) is 3.01. The van der Waals surface area contributed by atoms with Gasteiger partial charge in [-0.05, 0) is 47.9 Å². The van der Waals surface area contributed by atoms with Gasteiger partial charge >= 0.3 is 0 Å². The van der Waals surface area contributed by atoms with Crippen molar-refractivity contribution in [3.05, 3.63) is 46.2 Å². The SMILES string of the molecule is CC(Cc1ccsc1)n1c(N)nc2ccc(F)c(F)c21. The summed E-state index contributed by atoms with van der Waals surface area (Å²) in [6.45, 7) is 1.92. The Hall–Kier alpha value is -1.95. The number of benzene rings is 1. The van der Waals surface area contributed by atoms with Crippen molar-refractivity contribution in [2.45, 2.75) is 19.4 Å². The summed E-state index contributed by atoms with van der Waals surface area (Å²) in [6, 6.07) is 4.41. The third-order valence-electron chi connectivity index (χ3n) is 3.32. The Morgan fingerprint density at radius 3 is 2.85 bits per heavy atom. The molecule has 0 bridgehead atoms. The first kappa shape index (κ1) is 13.1. The number of imidazole rings is 1. The molecule has 3 nitrogen and oxygen atoms in total. The van der Waals surface area contributed by atoms with Gasteiger partial charge in [0.2, 0.25) is 5.95 Å². The highest BCUT2D eigenvalue weighted by molar-refractivity contribution is 7.07. The zero-order valence-electron chi connectivity index (χ0n) is 10.8. The molecular formula is C14H13F2N3S. The second-order valence-electron chi connectivity index (χ2n) is 4.75. The fourth-order valence-corrected chi connectivity index (χ4v) is 3.11. The number of thiophene rings is 1. The number of halogens is 2. The minimum absolute atomic E-state index is 0.106. The van der Waals surface area contributed by atoms with E-state index in [4.69, 9.17) is 5.73 Å². The van der Waals surface area contributed by atoms with Crippen LogP contribution in [0.3, 0.4) is 0 Å². The Balaban J connectivity index is 2.10. The maximum Gasteiger partial charge on any atom is 0.201 e. The van der Waals surface area contributed by atoms with Gasteiger partial charge in [-0.15, -0.1) is 0 Å². The van der Waals surface area contributed by atoms with E-state index in [1.54, 1.807) is 15.9 Å². The average molecular weight is 293 g/mol. The molecule has 0 fully saturated rings. The summed E-state index contributed by atoms with van der Waals surface area (Å²) in [5.74, 6) is -1.59. The number of fused-ring (bicyclic) bond motifs is 1. The Bertz CT molecular complexity index is 749. The van der Waals surface area contributed by atoms with E-state index in [9.17, 15) is 8.78 Å². The normalized spacial score (nSPS) is 12.9. The van der Waals surface area contributed by atoms with Crippen molar-refractivity contribution in [1.29, 1.82) is 0 Å². The predicted molar refractivity (Wildman–Crippen MR) is 76.8 cm³/mol. The molecule has 0 spiro atoms. The molecule has 0 saturated heterocycles. The zero-order chi connectivity index (χ0) is 14.3. The van der Waals surface area contributed by atoms with E-state index in [0.717, 1.165) is 11.6 Å². The molecule has 2 heterocycles. The lowest BCUT2D eigenvalue weighted by atomic mass is 10.1. The maximum absolute atomic E-state index is 14.0. The zero-order valence-corrected chi connectivity index (χ0v) is 11.6. The standard InChI is InChI=1S/C14H13F2N3S/c1-8(6-9-4-5-20-7-9)19-13-11(18-14(19)17)3-2-10(15)12(13)16/h2-5,7-8H,6H2,1H3,(H2,17,18). The van der Waals surface area contributed by atoms with E-state index in [1.807, 2.05) is 23.8 Å². The van der Waals surface area contributed by atoms with Gasteiger partial charge in [0.05, 0.1) is 5.52 Å². The smallest absolute Gasteiger partial charge is 0.201 e. The summed E-state index contributed by atoms with van der Waals surface area (Å²) in [4.78, 5) is 4.10. The summed E-state index contributed by atoms with van der Waals surface area (Å²) in [6.07, 6.45) is 0.690. The Morgan fingerprint density at radius 2 is 2.15 bits per heavy atom. The number of anilines is 1. The van der Waals surface area contributed by atoms with Crippen LogP contribution in [0.5, 0.6) is 0 Å². The van der Waals surface area contributed by atoms with Gasteiger partial charge in [-0.1, -0.05) is 0 Å². The van der Waals surface area contributed by atoms with E-state index in [-0.39, 0.29) is 17.5 Å². The molecule has 0 amide bonds. The third-order valence-corrected chi connectivity index (χ3v) is 4.05. The molecule has 104 valence electrons. The Kier molecular flexibility index (Phi) is 3.17. The minimum Gasteiger partial charge on any atom is -0.369 e. The first-order valence-corrected chi connectivity index (χ1v) is 7.14. The molecule has 0 radical (unpaired) electrons. The van der Waals surface area contributed by atoms with Crippen LogP contribution in [0.25, 0.3) is 11.0 Å². The molecule has 3 rings (SSSR count). The fraction of sp³-hybridized carbons (Fsp3) is 0.214. The molecule has 2 aromatic heterocycles. The summed E-state index contributed by atoms with van der Waals surface area (Å²) < 4.78 is 29.0. The van der Waals surface area contributed by atoms with Gasteiger partial charge in [0.1, 0.15) is 5.52 Å². The van der Waals surface area contributed by atoms with Gasteiger partial charge < -0.3 is 10.3 Å². The van der Waals surface area contributed by atoms with Crippen LogP contribution in [0.1, 0.15) is 18.5 Å². The molecule has 1 aromatic carbocycles. The van der Waals surface area contributed by atoms with Crippen molar-refractivity contribution in [3.8, 4) is 0 Å². The number of aromatic nitrogens is 2. The molecule has 1 atom stereocenters. The number of hydrogen-bond donors (Lipinski definition) is 1. The Morgan fingerprint density at radius 1 is 1.35 bits per heavy atom. The molecule has 6 heteroatoms. The largest absolute Gasteiger partial charge is 0.369 e. The first-order chi connectivity index (χ1) is 9.58. The van der Waals surface area contributed by atoms with Gasteiger partial charge in [-0.25, -0.2) is 13.8 Å². The maximum atomic E-state index is 14.0. The second kappa shape index (κ2) is 4.86. The first-order valence-electron chi connectivity index (χ1n) is 6.20. The highest BCUT2D eigenvalue weighted by Crippen LogP contribution is 2.28. The van der Waals surface area contributed by atoms with Crippen molar-refractivity contribution < 1.29 is 8.78 Å². The lowest BCUT2D eigenvalue weighted by Crippen LogP contribution is -2.12. The number of nitrogens with two attached hydrogens (primary N) is 1. The molecule has 0 saturated carbocycles. The third kappa shape index (κ3) is 2.06. The number of nitrogen functional groups attached to an aromatic ring is 1. The summed E-state index contributed by atoms with van der Waals surface area (Å²) in [5.41, 5.74) is 7.51. The van der Waals surface area contributed by atoms with Crippen LogP contribution in [0, 0.1) is 11.6 Å². The van der Waals surface area contributed by atoms with E-state index in [1.165, 1.54) is 6.07 Å². The van der Waals surface area contributed by atoms with E-state index in [0.29, 0.717) is 11.9 Å². The lowest BCUT2D eigenvalue weighted by molar-refractivity contribution is 0.501. The van der Waals surface area contributed by atoms with Crippen LogP contribution in [0.15, 0.2) is 29.0 Å². The summed E-state index contributed by atoms with van der Waals surface area (Å²) >= 11 is 1.60. The fourth-order valence-electron chi connectivity index (χ4n) is 2.43. The number of nitrogens with zero attached hydrogens (tertiary/aromatic N) is 2. The topological polar surface area (TPSA) is 43.8 Å². The number of rotatable bonds is 3. The quantitative estimate of drug-likeness (QED) is 0.799. The van der Waals surface area contributed by atoms with Crippen molar-refractivity contribution in [2.75, 3.05) is 5.73 Å². The van der Waals surface area contributed by atoms with Crippen molar-refractivity contribution >= 4 is 28.3 Å². The predicted octanol–water partition coefficient (Wildman–Crippen LogP) is 3.76. The van der Waals surface area contributed by atoms with Crippen LogP contribution >= 0.6 is 11.3 Å². The monoisotopic (exact) mass is 293 g/mol. The highest BCUT2D eigenvalue weighted by atomic mass is 32.1. The van der Waals surface area contributed by atoms with Gasteiger partial charge in [0, 0.05) is 6.04 Å².